The Hall–Kier alpha value is -1.56. The number of nitrogens with zero attached hydrogens (tertiary/aromatic N) is 1. The summed E-state index contributed by atoms with van der Waals surface area (Å²) in [4.78, 5) is 25.2. The SMILES string of the molecule is CC(C)(C)OC(=O)N1CCc2ccc(Br)cc2C1C(=O)O. The van der Waals surface area contributed by atoms with E-state index in [1.54, 1.807) is 26.8 Å². The largest absolute Gasteiger partial charge is 0.479 e. The molecule has 1 aliphatic rings. The third-order valence-corrected chi connectivity index (χ3v) is 3.69. The highest BCUT2D eigenvalue weighted by molar-refractivity contribution is 9.10. The average Bonchev–Trinajstić information content (AvgIpc) is 2.34. The molecule has 1 unspecified atom stereocenters. The molecule has 2 rings (SSSR count). The molecule has 1 aromatic carbocycles. The Kier molecular flexibility index (Phi) is 4.27. The maximum Gasteiger partial charge on any atom is 0.411 e. The summed E-state index contributed by atoms with van der Waals surface area (Å²) in [6, 6.07) is 4.51. The van der Waals surface area contributed by atoms with Crippen molar-refractivity contribution in [1.82, 2.24) is 4.90 Å². The van der Waals surface area contributed by atoms with Crippen molar-refractivity contribution in [2.24, 2.45) is 0 Å². The van der Waals surface area contributed by atoms with Crippen LogP contribution >= 0.6 is 15.9 Å². The van der Waals surface area contributed by atoms with Crippen LogP contribution in [-0.4, -0.2) is 34.2 Å². The van der Waals surface area contributed by atoms with E-state index in [-0.39, 0.29) is 0 Å². The predicted molar refractivity (Wildman–Crippen MR) is 81.2 cm³/mol. The van der Waals surface area contributed by atoms with Crippen molar-refractivity contribution in [2.45, 2.75) is 38.8 Å². The topological polar surface area (TPSA) is 66.8 Å². The minimum atomic E-state index is -1.06. The number of hydrogen-bond donors (Lipinski definition) is 1. The van der Waals surface area contributed by atoms with E-state index in [1.165, 1.54) is 4.90 Å². The highest BCUT2D eigenvalue weighted by Gasteiger charge is 2.38. The Balaban J connectivity index is 2.36. The van der Waals surface area contributed by atoms with Gasteiger partial charge in [0.15, 0.2) is 6.04 Å². The Bertz CT molecular complexity index is 580. The van der Waals surface area contributed by atoms with Gasteiger partial charge < -0.3 is 9.84 Å². The number of ether oxygens (including phenoxy) is 1. The van der Waals surface area contributed by atoms with Gasteiger partial charge in [-0.1, -0.05) is 22.0 Å². The van der Waals surface area contributed by atoms with Crippen LogP contribution in [0.2, 0.25) is 0 Å². The summed E-state index contributed by atoms with van der Waals surface area (Å²) < 4.78 is 6.11. The van der Waals surface area contributed by atoms with Crippen molar-refractivity contribution in [1.29, 1.82) is 0 Å². The number of carboxylic acids is 1. The summed E-state index contributed by atoms with van der Waals surface area (Å²) in [6.07, 6.45) is 0.0200. The van der Waals surface area contributed by atoms with Gasteiger partial charge in [0.2, 0.25) is 0 Å². The van der Waals surface area contributed by atoms with E-state index in [9.17, 15) is 14.7 Å². The van der Waals surface area contributed by atoms with E-state index in [0.717, 1.165) is 10.0 Å². The molecule has 0 aliphatic carbocycles. The van der Waals surface area contributed by atoms with Crippen LogP contribution < -0.4 is 0 Å². The van der Waals surface area contributed by atoms with Crippen molar-refractivity contribution >= 4 is 28.0 Å². The van der Waals surface area contributed by atoms with E-state index in [1.807, 2.05) is 12.1 Å². The first-order valence-electron chi connectivity index (χ1n) is 6.70. The minimum Gasteiger partial charge on any atom is -0.479 e. The molecule has 1 N–H and O–H groups in total. The molecular formula is C15H18BrNO4. The second-order valence-electron chi connectivity index (χ2n) is 6.01. The first kappa shape index (κ1) is 15.8. The Morgan fingerprint density at radius 2 is 2.05 bits per heavy atom. The number of benzene rings is 1. The number of aliphatic carboxylic acids is 1. The van der Waals surface area contributed by atoms with Gasteiger partial charge in [0, 0.05) is 11.0 Å². The van der Waals surface area contributed by atoms with Crippen molar-refractivity contribution in [3.8, 4) is 0 Å². The lowest BCUT2D eigenvalue weighted by molar-refractivity contribution is -0.143. The van der Waals surface area contributed by atoms with E-state index < -0.39 is 23.7 Å². The number of carboxylic acid groups (broad SMARTS) is 1. The highest BCUT2D eigenvalue weighted by Crippen LogP contribution is 2.33. The molecule has 0 bridgehead atoms. The maximum absolute atomic E-state index is 12.3. The number of rotatable bonds is 1. The van der Waals surface area contributed by atoms with E-state index >= 15 is 0 Å². The molecule has 5 nitrogen and oxygen atoms in total. The van der Waals surface area contributed by atoms with Crippen LogP contribution in [0.4, 0.5) is 4.79 Å². The summed E-state index contributed by atoms with van der Waals surface area (Å²) in [5.74, 6) is -1.06. The van der Waals surface area contributed by atoms with Crippen LogP contribution in [-0.2, 0) is 16.0 Å². The Labute approximate surface area is 132 Å². The lowest BCUT2D eigenvalue weighted by Crippen LogP contribution is -2.45. The highest BCUT2D eigenvalue weighted by atomic mass is 79.9. The maximum atomic E-state index is 12.3. The first-order chi connectivity index (χ1) is 9.69. The van der Waals surface area contributed by atoms with Gasteiger partial charge in [-0.2, -0.15) is 0 Å². The quantitative estimate of drug-likeness (QED) is 0.838. The third-order valence-electron chi connectivity index (χ3n) is 3.20. The minimum absolute atomic E-state index is 0.334. The standard InChI is InChI=1S/C15H18BrNO4/c1-15(2,3)21-14(20)17-7-6-9-4-5-10(16)8-11(9)12(17)13(18)19/h4-5,8,12H,6-7H2,1-3H3,(H,18,19). The van der Waals surface area contributed by atoms with Crippen molar-refractivity contribution < 1.29 is 19.4 Å². The summed E-state index contributed by atoms with van der Waals surface area (Å²) in [7, 11) is 0. The molecule has 6 heteroatoms. The second kappa shape index (κ2) is 5.67. The normalized spacial score (nSPS) is 18.1. The fourth-order valence-electron chi connectivity index (χ4n) is 2.37. The van der Waals surface area contributed by atoms with Gasteiger partial charge in [-0.15, -0.1) is 0 Å². The zero-order valence-electron chi connectivity index (χ0n) is 12.2. The first-order valence-corrected chi connectivity index (χ1v) is 7.49. The second-order valence-corrected chi connectivity index (χ2v) is 6.92. The number of hydrogen-bond acceptors (Lipinski definition) is 3. The Morgan fingerprint density at radius 1 is 1.38 bits per heavy atom. The predicted octanol–water partition coefficient (Wildman–Crippen LogP) is 3.37. The molecule has 1 atom stereocenters. The van der Waals surface area contributed by atoms with Crippen LogP contribution in [0.5, 0.6) is 0 Å². The van der Waals surface area contributed by atoms with Gasteiger partial charge in [-0.05, 0) is 50.5 Å². The van der Waals surface area contributed by atoms with Crippen LogP contribution in [0.3, 0.4) is 0 Å². The molecule has 1 aliphatic heterocycles. The van der Waals surface area contributed by atoms with E-state index in [0.29, 0.717) is 18.5 Å². The summed E-state index contributed by atoms with van der Waals surface area (Å²) in [5, 5.41) is 9.53. The molecule has 0 saturated heterocycles. The fraction of sp³-hybridized carbons (Fsp3) is 0.467. The fourth-order valence-corrected chi connectivity index (χ4v) is 2.75. The molecule has 0 radical (unpaired) electrons. The van der Waals surface area contributed by atoms with E-state index in [4.69, 9.17) is 4.74 Å². The lowest BCUT2D eigenvalue weighted by atomic mass is 9.93. The zero-order chi connectivity index (χ0) is 15.8. The van der Waals surface area contributed by atoms with Crippen molar-refractivity contribution in [3.05, 3.63) is 33.8 Å². The van der Waals surface area contributed by atoms with Crippen LogP contribution in [0.25, 0.3) is 0 Å². The molecule has 1 aromatic rings. The van der Waals surface area contributed by atoms with Gasteiger partial charge in [-0.25, -0.2) is 9.59 Å². The van der Waals surface area contributed by atoms with Gasteiger partial charge in [0.25, 0.3) is 0 Å². The molecule has 1 amide bonds. The molecule has 1 heterocycles. The van der Waals surface area contributed by atoms with Gasteiger partial charge >= 0.3 is 12.1 Å². The molecular weight excluding hydrogens is 338 g/mol. The summed E-state index contributed by atoms with van der Waals surface area (Å²) >= 11 is 3.35. The molecule has 0 spiro atoms. The molecule has 21 heavy (non-hydrogen) atoms. The van der Waals surface area contributed by atoms with E-state index in [2.05, 4.69) is 15.9 Å². The van der Waals surface area contributed by atoms with Gasteiger partial charge in [-0.3, -0.25) is 4.90 Å². The number of carbonyl (C=O) groups excluding carboxylic acids is 1. The van der Waals surface area contributed by atoms with Gasteiger partial charge in [0.05, 0.1) is 0 Å². The number of amides is 1. The molecule has 114 valence electrons. The molecule has 0 fully saturated rings. The van der Waals surface area contributed by atoms with Crippen molar-refractivity contribution in [2.75, 3.05) is 6.54 Å². The Morgan fingerprint density at radius 3 is 2.62 bits per heavy atom. The summed E-state index contributed by atoms with van der Waals surface area (Å²) in [5.41, 5.74) is 0.928. The van der Waals surface area contributed by atoms with Gasteiger partial charge in [0.1, 0.15) is 5.60 Å². The average molecular weight is 356 g/mol. The lowest BCUT2D eigenvalue weighted by Gasteiger charge is -2.35. The monoisotopic (exact) mass is 355 g/mol. The van der Waals surface area contributed by atoms with Crippen LogP contribution in [0, 0.1) is 0 Å². The molecule has 0 aromatic heterocycles. The number of fused-ring (bicyclic) bond motifs is 1. The number of halogens is 1. The van der Waals surface area contributed by atoms with Crippen molar-refractivity contribution in [3.63, 3.8) is 0 Å². The summed E-state index contributed by atoms with van der Waals surface area (Å²) in [6.45, 7) is 5.61. The smallest absolute Gasteiger partial charge is 0.411 e. The number of carbonyl (C=O) groups is 2. The van der Waals surface area contributed by atoms with Crippen LogP contribution in [0.1, 0.15) is 37.9 Å². The van der Waals surface area contributed by atoms with Crippen LogP contribution in [0.15, 0.2) is 22.7 Å². The third kappa shape index (κ3) is 3.56. The zero-order valence-corrected chi connectivity index (χ0v) is 13.8. The molecule has 0 saturated carbocycles.